The van der Waals surface area contributed by atoms with E-state index in [4.69, 9.17) is 11.6 Å². The van der Waals surface area contributed by atoms with Crippen LogP contribution >= 0.6 is 23.4 Å². The molecule has 0 radical (unpaired) electrons. The molecular weight excluding hydrogens is 374 g/mol. The molecule has 0 fully saturated rings. The van der Waals surface area contributed by atoms with Crippen LogP contribution in [0.1, 0.15) is 42.3 Å². The lowest BCUT2D eigenvalue weighted by atomic mass is 10.1. The number of carbonyl (C=O) groups excluding carboxylic acids is 1. The maximum Gasteiger partial charge on any atom is 0.151 e. The quantitative estimate of drug-likeness (QED) is 0.687. The Balaban J connectivity index is 2.34. The van der Waals surface area contributed by atoms with Crippen LogP contribution in [0.2, 0.25) is 5.02 Å². The summed E-state index contributed by atoms with van der Waals surface area (Å²) in [6.45, 7) is 8.20. The molecule has 134 valence electrons. The molecule has 0 heterocycles. The van der Waals surface area contributed by atoms with Crippen molar-refractivity contribution in [2.45, 2.75) is 48.8 Å². The molecular formula is C19H22ClNO2S2. The van der Waals surface area contributed by atoms with Gasteiger partial charge in [-0.2, -0.15) is 0 Å². The Hall–Kier alpha value is -1.14. The van der Waals surface area contributed by atoms with Gasteiger partial charge in [0.1, 0.15) is 0 Å². The predicted octanol–water partition coefficient (Wildman–Crippen LogP) is 5.16. The van der Waals surface area contributed by atoms with Crippen molar-refractivity contribution >= 4 is 40.6 Å². The van der Waals surface area contributed by atoms with E-state index < -0.39 is 11.0 Å². The van der Waals surface area contributed by atoms with Crippen LogP contribution in [0.4, 0.5) is 0 Å². The van der Waals surface area contributed by atoms with Crippen molar-refractivity contribution < 1.29 is 9.00 Å². The van der Waals surface area contributed by atoms with E-state index in [1.54, 1.807) is 6.07 Å². The molecule has 3 nitrogen and oxygen atoms in total. The van der Waals surface area contributed by atoms with Gasteiger partial charge in [-0.3, -0.25) is 4.79 Å². The summed E-state index contributed by atoms with van der Waals surface area (Å²) >= 11 is 7.93. The van der Waals surface area contributed by atoms with Crippen molar-refractivity contribution in [2.75, 3.05) is 0 Å². The molecule has 25 heavy (non-hydrogen) atoms. The van der Waals surface area contributed by atoms with E-state index in [1.807, 2.05) is 58.0 Å². The van der Waals surface area contributed by atoms with Gasteiger partial charge in [-0.15, -0.1) is 0 Å². The first-order valence-electron chi connectivity index (χ1n) is 7.89. The van der Waals surface area contributed by atoms with Gasteiger partial charge in [0.15, 0.2) is 6.29 Å². The van der Waals surface area contributed by atoms with E-state index in [0.29, 0.717) is 17.1 Å². The molecule has 0 amide bonds. The molecule has 1 N–H and O–H groups in total. The summed E-state index contributed by atoms with van der Waals surface area (Å²) in [5.41, 5.74) is 2.63. The van der Waals surface area contributed by atoms with Crippen LogP contribution in [0.15, 0.2) is 46.2 Å². The molecule has 1 atom stereocenters. The Labute approximate surface area is 161 Å². The fraction of sp³-hybridized carbons (Fsp3) is 0.316. The summed E-state index contributed by atoms with van der Waals surface area (Å²) in [6.07, 6.45) is 0.844. The second-order valence-electron chi connectivity index (χ2n) is 6.69. The van der Waals surface area contributed by atoms with Crippen molar-refractivity contribution in [3.8, 4) is 0 Å². The van der Waals surface area contributed by atoms with Gasteiger partial charge in [-0.1, -0.05) is 47.6 Å². The third-order valence-corrected chi connectivity index (χ3v) is 6.68. The highest BCUT2D eigenvalue weighted by atomic mass is 35.5. The van der Waals surface area contributed by atoms with E-state index in [2.05, 4.69) is 4.72 Å². The molecule has 1 unspecified atom stereocenters. The number of benzene rings is 2. The Kier molecular flexibility index (Phi) is 6.86. The Morgan fingerprint density at radius 3 is 2.56 bits per heavy atom. The lowest BCUT2D eigenvalue weighted by molar-refractivity contribution is 0.112. The first kappa shape index (κ1) is 20.2. The third-order valence-electron chi connectivity index (χ3n) is 3.47. The number of rotatable bonds is 6. The summed E-state index contributed by atoms with van der Waals surface area (Å²) in [5, 5.41) is 0.629. The first-order valence-corrected chi connectivity index (χ1v) is 10.2. The molecule has 2 aromatic carbocycles. The van der Waals surface area contributed by atoms with Gasteiger partial charge in [0.2, 0.25) is 0 Å². The van der Waals surface area contributed by atoms with E-state index in [-0.39, 0.29) is 4.75 Å². The van der Waals surface area contributed by atoms with Gasteiger partial charge in [0, 0.05) is 21.9 Å². The Morgan fingerprint density at radius 2 is 1.92 bits per heavy atom. The van der Waals surface area contributed by atoms with Crippen LogP contribution in [-0.4, -0.2) is 15.2 Å². The van der Waals surface area contributed by atoms with Crippen molar-refractivity contribution in [2.24, 2.45) is 0 Å². The van der Waals surface area contributed by atoms with E-state index in [9.17, 15) is 9.00 Å². The highest BCUT2D eigenvalue weighted by molar-refractivity contribution is 7.99. The number of hydrogen-bond donors (Lipinski definition) is 1. The normalized spacial score (nSPS) is 12.8. The minimum atomic E-state index is -1.17. The Morgan fingerprint density at radius 1 is 1.24 bits per heavy atom. The lowest BCUT2D eigenvalue weighted by Crippen LogP contribution is -2.33. The number of nitrogens with one attached hydrogen (secondary N) is 1. The molecule has 2 rings (SSSR count). The molecule has 0 aromatic heterocycles. The van der Waals surface area contributed by atoms with Gasteiger partial charge in [-0.25, -0.2) is 8.93 Å². The molecule has 0 aliphatic carbocycles. The zero-order valence-electron chi connectivity index (χ0n) is 14.8. The standard InChI is InChI=1S/C19H22ClNO2S2/c1-13-9-15(11-21-25(23)19(2,3)4)18(16(20)10-13)24-17-8-6-5-7-14(17)12-22/h5-10,12,21H,11H2,1-4H3. The van der Waals surface area contributed by atoms with E-state index >= 15 is 0 Å². The minimum absolute atomic E-state index is 0.342. The molecule has 0 spiro atoms. The lowest BCUT2D eigenvalue weighted by Gasteiger charge is -2.19. The monoisotopic (exact) mass is 395 g/mol. The van der Waals surface area contributed by atoms with Gasteiger partial charge < -0.3 is 0 Å². The molecule has 6 heteroatoms. The minimum Gasteiger partial charge on any atom is -0.298 e. The third kappa shape index (κ3) is 5.42. The molecule has 0 saturated carbocycles. The van der Waals surface area contributed by atoms with Gasteiger partial charge in [0.25, 0.3) is 0 Å². The number of carbonyl (C=O) groups is 1. The summed E-state index contributed by atoms with van der Waals surface area (Å²) < 4.78 is 15.0. The van der Waals surface area contributed by atoms with Crippen molar-refractivity contribution in [3.63, 3.8) is 0 Å². The predicted molar refractivity (Wildman–Crippen MR) is 107 cm³/mol. The maximum absolute atomic E-state index is 12.3. The summed E-state index contributed by atoms with van der Waals surface area (Å²) in [7, 11) is -1.17. The number of aldehydes is 1. The fourth-order valence-electron chi connectivity index (χ4n) is 2.19. The largest absolute Gasteiger partial charge is 0.298 e. The molecule has 0 aliphatic heterocycles. The number of aryl methyl sites for hydroxylation is 1. The van der Waals surface area contributed by atoms with E-state index in [0.717, 1.165) is 27.2 Å². The topological polar surface area (TPSA) is 46.2 Å². The molecule has 0 bridgehead atoms. The summed E-state index contributed by atoms with van der Waals surface area (Å²) in [6, 6.07) is 11.3. The van der Waals surface area contributed by atoms with E-state index in [1.165, 1.54) is 11.8 Å². The summed E-state index contributed by atoms with van der Waals surface area (Å²) in [5.74, 6) is 0. The van der Waals surface area contributed by atoms with Crippen LogP contribution in [0.25, 0.3) is 0 Å². The van der Waals surface area contributed by atoms with Crippen molar-refractivity contribution in [1.82, 2.24) is 4.72 Å². The fourth-order valence-corrected chi connectivity index (χ4v) is 4.34. The van der Waals surface area contributed by atoms with Gasteiger partial charge >= 0.3 is 0 Å². The second kappa shape index (κ2) is 8.49. The smallest absolute Gasteiger partial charge is 0.151 e. The van der Waals surface area contributed by atoms with Crippen molar-refractivity contribution in [1.29, 1.82) is 0 Å². The molecule has 2 aromatic rings. The SMILES string of the molecule is Cc1cc(Cl)c(Sc2ccccc2C=O)c(CNS(=O)C(C)(C)C)c1. The van der Waals surface area contributed by atoms with Crippen LogP contribution in [0.3, 0.4) is 0 Å². The maximum atomic E-state index is 12.3. The van der Waals surface area contributed by atoms with Crippen LogP contribution in [0.5, 0.6) is 0 Å². The average Bonchev–Trinajstić information content (AvgIpc) is 2.54. The number of hydrogen-bond acceptors (Lipinski definition) is 3. The van der Waals surface area contributed by atoms with Crippen LogP contribution < -0.4 is 4.72 Å². The number of halogens is 1. The zero-order chi connectivity index (χ0) is 18.6. The first-order chi connectivity index (χ1) is 11.7. The molecule has 0 saturated heterocycles. The average molecular weight is 396 g/mol. The zero-order valence-corrected chi connectivity index (χ0v) is 17.1. The highest BCUT2D eigenvalue weighted by Gasteiger charge is 2.20. The molecule has 0 aliphatic rings. The Bertz CT molecular complexity index is 800. The van der Waals surface area contributed by atoms with Crippen LogP contribution in [0, 0.1) is 6.92 Å². The van der Waals surface area contributed by atoms with Gasteiger partial charge in [-0.05, 0) is 51.0 Å². The summed E-state index contributed by atoms with van der Waals surface area (Å²) in [4.78, 5) is 13.0. The van der Waals surface area contributed by atoms with Gasteiger partial charge in [0.05, 0.1) is 20.8 Å². The van der Waals surface area contributed by atoms with Crippen LogP contribution in [-0.2, 0) is 17.5 Å². The highest BCUT2D eigenvalue weighted by Crippen LogP contribution is 2.38. The second-order valence-corrected chi connectivity index (χ2v) is 10.2. The van der Waals surface area contributed by atoms with Crippen molar-refractivity contribution in [3.05, 3.63) is 58.1 Å².